The average molecular weight is 378 g/mol. The van der Waals surface area contributed by atoms with Crippen molar-refractivity contribution < 1.29 is 34.3 Å². The Bertz CT molecular complexity index is 859. The fraction of sp³-hybridized carbons (Fsp3) is 0.294. The number of aromatic carboxylic acids is 1. The number of nitrogens with one attached hydrogen (secondary N) is 2. The maximum atomic E-state index is 11.7. The van der Waals surface area contributed by atoms with Crippen molar-refractivity contribution in [3.05, 3.63) is 41.5 Å². The molecule has 2 amide bonds. The monoisotopic (exact) mass is 378 g/mol. The molecule has 0 saturated carbocycles. The summed E-state index contributed by atoms with van der Waals surface area (Å²) >= 11 is 0. The first-order valence-corrected chi connectivity index (χ1v) is 7.94. The number of carboxylic acids is 1. The third kappa shape index (κ3) is 4.97. The molecule has 0 unspecified atom stereocenters. The normalized spacial score (nSPS) is 9.78. The van der Waals surface area contributed by atoms with Gasteiger partial charge in [0.25, 0.3) is 11.8 Å². The SMILES string of the molecule is CCn1c[n+](C)c(C(=O)NC)c1C(=O)NC.O=C([O-])c1ccc(O)cc1O. The van der Waals surface area contributed by atoms with E-state index in [4.69, 9.17) is 10.2 Å². The Kier molecular flexibility index (Phi) is 7.34. The maximum Gasteiger partial charge on any atom is 0.295 e. The first-order chi connectivity index (χ1) is 12.7. The number of carbonyl (C=O) groups excluding carboxylic acids is 3. The molecule has 4 N–H and O–H groups in total. The first-order valence-electron chi connectivity index (χ1n) is 7.94. The summed E-state index contributed by atoms with van der Waals surface area (Å²) in [6.45, 7) is 2.55. The minimum absolute atomic E-state index is 0.187. The van der Waals surface area contributed by atoms with Crippen LogP contribution in [0.3, 0.4) is 0 Å². The number of aryl methyl sites for hydroxylation is 2. The number of carbonyl (C=O) groups is 3. The van der Waals surface area contributed by atoms with E-state index >= 15 is 0 Å². The smallest absolute Gasteiger partial charge is 0.295 e. The van der Waals surface area contributed by atoms with Crippen LogP contribution in [-0.2, 0) is 13.6 Å². The molecule has 0 spiro atoms. The molecular weight excluding hydrogens is 356 g/mol. The van der Waals surface area contributed by atoms with E-state index in [0.717, 1.165) is 18.2 Å². The molecule has 146 valence electrons. The minimum Gasteiger partial charge on any atom is -0.545 e. The van der Waals surface area contributed by atoms with Gasteiger partial charge in [-0.05, 0) is 19.1 Å². The standard InChI is InChI=1S/C10H16N4O2.C7H6O4/c1-5-14-6-13(4)7(9(15)11-2)8(14)10(16)12-3;8-4-1-2-5(7(10)11)6(9)3-4/h6H,5H2,1-4H3,(H-,11,12,15,16);1-3,8-9H,(H,10,11). The maximum absolute atomic E-state index is 11.7. The Morgan fingerprint density at radius 2 is 1.74 bits per heavy atom. The van der Waals surface area contributed by atoms with E-state index in [1.807, 2.05) is 6.92 Å². The fourth-order valence-electron chi connectivity index (χ4n) is 2.30. The summed E-state index contributed by atoms with van der Waals surface area (Å²) in [7, 11) is 4.82. The Labute approximate surface area is 155 Å². The van der Waals surface area contributed by atoms with Crippen LogP contribution in [0.15, 0.2) is 24.5 Å². The molecule has 0 aliphatic carbocycles. The molecule has 2 aromatic rings. The van der Waals surface area contributed by atoms with Gasteiger partial charge in [0.15, 0.2) is 0 Å². The molecular formula is C17H22N4O6. The van der Waals surface area contributed by atoms with Gasteiger partial charge >= 0.3 is 0 Å². The fourth-order valence-corrected chi connectivity index (χ4v) is 2.30. The number of rotatable bonds is 4. The summed E-state index contributed by atoms with van der Waals surface area (Å²) in [6.07, 6.45) is 1.73. The zero-order chi connectivity index (χ0) is 20.7. The van der Waals surface area contributed by atoms with Crippen LogP contribution in [0.2, 0.25) is 0 Å². The molecule has 0 fully saturated rings. The molecule has 1 aromatic carbocycles. The van der Waals surface area contributed by atoms with Crippen molar-refractivity contribution in [3.63, 3.8) is 0 Å². The van der Waals surface area contributed by atoms with Crippen molar-refractivity contribution in [2.45, 2.75) is 13.5 Å². The number of nitrogens with zero attached hydrogens (tertiary/aromatic N) is 2. The summed E-state index contributed by atoms with van der Waals surface area (Å²) in [5.74, 6) is -2.69. The van der Waals surface area contributed by atoms with Crippen LogP contribution >= 0.6 is 0 Å². The number of imidazole rings is 1. The van der Waals surface area contributed by atoms with Crippen molar-refractivity contribution in [1.82, 2.24) is 15.2 Å². The van der Waals surface area contributed by atoms with E-state index in [0.29, 0.717) is 17.9 Å². The van der Waals surface area contributed by atoms with E-state index in [9.17, 15) is 19.5 Å². The zero-order valence-corrected chi connectivity index (χ0v) is 15.4. The van der Waals surface area contributed by atoms with Crippen molar-refractivity contribution in [3.8, 4) is 11.5 Å². The van der Waals surface area contributed by atoms with Gasteiger partial charge in [0, 0.05) is 25.7 Å². The van der Waals surface area contributed by atoms with Gasteiger partial charge in [0.1, 0.15) is 11.5 Å². The van der Waals surface area contributed by atoms with Gasteiger partial charge in [0.05, 0.1) is 19.6 Å². The number of amides is 2. The number of benzene rings is 1. The minimum atomic E-state index is -1.47. The molecule has 0 radical (unpaired) electrons. The van der Waals surface area contributed by atoms with Gasteiger partial charge < -0.3 is 30.7 Å². The van der Waals surface area contributed by atoms with Gasteiger partial charge in [-0.2, -0.15) is 0 Å². The third-order valence-corrected chi connectivity index (χ3v) is 3.60. The van der Waals surface area contributed by atoms with E-state index in [1.54, 1.807) is 36.6 Å². The predicted molar refractivity (Wildman–Crippen MR) is 92.2 cm³/mol. The van der Waals surface area contributed by atoms with Crippen LogP contribution in [-0.4, -0.2) is 46.7 Å². The van der Waals surface area contributed by atoms with Crippen LogP contribution in [0.4, 0.5) is 0 Å². The molecule has 27 heavy (non-hydrogen) atoms. The van der Waals surface area contributed by atoms with E-state index in [-0.39, 0.29) is 23.1 Å². The topological polar surface area (TPSA) is 148 Å². The van der Waals surface area contributed by atoms with Crippen LogP contribution in [0.1, 0.15) is 38.3 Å². The van der Waals surface area contributed by atoms with Crippen molar-refractivity contribution in [1.29, 1.82) is 0 Å². The molecule has 0 atom stereocenters. The summed E-state index contributed by atoms with van der Waals surface area (Å²) in [4.78, 5) is 33.6. The Morgan fingerprint density at radius 1 is 1.15 bits per heavy atom. The van der Waals surface area contributed by atoms with Gasteiger partial charge in [-0.3, -0.25) is 9.59 Å². The molecule has 10 nitrogen and oxygen atoms in total. The lowest BCUT2D eigenvalue weighted by Crippen LogP contribution is -2.39. The summed E-state index contributed by atoms with van der Waals surface area (Å²) in [5, 5.41) is 32.9. The molecule has 1 heterocycles. The molecule has 0 aliphatic heterocycles. The molecule has 0 aliphatic rings. The highest BCUT2D eigenvalue weighted by molar-refractivity contribution is 6.03. The van der Waals surface area contributed by atoms with E-state index in [2.05, 4.69) is 10.6 Å². The van der Waals surface area contributed by atoms with Gasteiger partial charge in [-0.25, -0.2) is 9.13 Å². The van der Waals surface area contributed by atoms with Crippen LogP contribution in [0.25, 0.3) is 0 Å². The Morgan fingerprint density at radius 3 is 2.19 bits per heavy atom. The third-order valence-electron chi connectivity index (χ3n) is 3.60. The number of hydrogen-bond acceptors (Lipinski definition) is 6. The summed E-state index contributed by atoms with van der Waals surface area (Å²) < 4.78 is 3.39. The van der Waals surface area contributed by atoms with Gasteiger partial charge in [-0.1, -0.05) is 0 Å². The lowest BCUT2D eigenvalue weighted by molar-refractivity contribution is -0.673. The van der Waals surface area contributed by atoms with Crippen molar-refractivity contribution >= 4 is 17.8 Å². The van der Waals surface area contributed by atoms with Crippen LogP contribution in [0.5, 0.6) is 11.5 Å². The molecule has 2 rings (SSSR count). The largest absolute Gasteiger partial charge is 0.545 e. The second-order valence-corrected chi connectivity index (χ2v) is 5.36. The Hall–Kier alpha value is -3.56. The number of aromatic hydroxyl groups is 2. The van der Waals surface area contributed by atoms with E-state index in [1.165, 1.54) is 0 Å². The lowest BCUT2D eigenvalue weighted by Gasteiger charge is -2.04. The summed E-state index contributed by atoms with van der Waals surface area (Å²) in [5.41, 5.74) is 0.415. The molecule has 0 bridgehead atoms. The first kappa shape index (κ1) is 21.5. The lowest BCUT2D eigenvalue weighted by atomic mass is 10.2. The highest BCUT2D eigenvalue weighted by Crippen LogP contribution is 2.21. The average Bonchev–Trinajstić information content (AvgIpc) is 2.97. The number of phenols is 2. The zero-order valence-electron chi connectivity index (χ0n) is 15.4. The van der Waals surface area contributed by atoms with Crippen molar-refractivity contribution in [2.75, 3.05) is 14.1 Å². The van der Waals surface area contributed by atoms with Crippen molar-refractivity contribution in [2.24, 2.45) is 7.05 Å². The van der Waals surface area contributed by atoms with Crippen LogP contribution in [0, 0.1) is 0 Å². The highest BCUT2D eigenvalue weighted by Gasteiger charge is 2.30. The molecule has 10 heteroatoms. The van der Waals surface area contributed by atoms with Crippen LogP contribution < -0.4 is 20.3 Å². The van der Waals surface area contributed by atoms with E-state index < -0.39 is 11.7 Å². The summed E-state index contributed by atoms with van der Waals surface area (Å²) in [6, 6.07) is 3.16. The number of carboxylic acid groups (broad SMARTS) is 1. The molecule has 1 aromatic heterocycles. The quantitative estimate of drug-likeness (QED) is 0.477. The second kappa shape index (κ2) is 9.22. The van der Waals surface area contributed by atoms with Gasteiger partial charge in [0.2, 0.25) is 17.7 Å². The number of phenolic OH excluding ortho intramolecular Hbond substituents is 1. The molecule has 0 saturated heterocycles. The Balaban J connectivity index is 0.000000289. The second-order valence-electron chi connectivity index (χ2n) is 5.36. The van der Waals surface area contributed by atoms with Gasteiger partial charge in [-0.15, -0.1) is 0 Å². The highest BCUT2D eigenvalue weighted by atomic mass is 16.4. The number of aromatic nitrogens is 2. The predicted octanol–water partition coefficient (Wildman–Crippen LogP) is -1.49. The number of hydrogen-bond donors (Lipinski definition) is 4.